The molecule has 0 aliphatic heterocycles. The molecule has 112 valence electrons. The van der Waals surface area contributed by atoms with E-state index >= 15 is 0 Å². The quantitative estimate of drug-likeness (QED) is 0.642. The first-order valence-corrected chi connectivity index (χ1v) is 8.53. The van der Waals surface area contributed by atoms with Crippen LogP contribution in [0.15, 0.2) is 41.0 Å². The highest BCUT2D eigenvalue weighted by molar-refractivity contribution is 14.1. The third-order valence-electron chi connectivity index (χ3n) is 2.71. The normalized spacial score (nSPS) is 11.5. The van der Waals surface area contributed by atoms with Gasteiger partial charge in [-0.15, -0.1) is 0 Å². The fourth-order valence-corrected chi connectivity index (χ4v) is 2.58. The Morgan fingerprint density at radius 2 is 2.05 bits per heavy atom. The average Bonchev–Trinajstić information content (AvgIpc) is 2.38. The SMILES string of the molecule is CC(C)(C)NCc1cc(Br)cnc1Oc1cccc(I)c1. The summed E-state index contributed by atoms with van der Waals surface area (Å²) in [6, 6.07) is 9.97. The zero-order chi connectivity index (χ0) is 15.5. The van der Waals surface area contributed by atoms with Gasteiger partial charge >= 0.3 is 0 Å². The van der Waals surface area contributed by atoms with Crippen LogP contribution in [-0.2, 0) is 6.54 Å². The highest BCUT2D eigenvalue weighted by Crippen LogP contribution is 2.26. The van der Waals surface area contributed by atoms with Gasteiger partial charge in [0.1, 0.15) is 5.75 Å². The van der Waals surface area contributed by atoms with E-state index in [1.165, 1.54) is 0 Å². The molecule has 0 atom stereocenters. The molecule has 0 saturated heterocycles. The van der Waals surface area contributed by atoms with E-state index in [2.05, 4.69) is 69.6 Å². The second kappa shape index (κ2) is 7.07. The molecule has 0 bridgehead atoms. The van der Waals surface area contributed by atoms with Gasteiger partial charge in [0.2, 0.25) is 5.88 Å². The van der Waals surface area contributed by atoms with Gasteiger partial charge in [0.15, 0.2) is 0 Å². The maximum Gasteiger partial charge on any atom is 0.223 e. The van der Waals surface area contributed by atoms with Crippen molar-refractivity contribution >= 4 is 38.5 Å². The number of hydrogen-bond donors (Lipinski definition) is 1. The van der Waals surface area contributed by atoms with Crippen molar-refractivity contribution in [2.75, 3.05) is 0 Å². The molecule has 0 fully saturated rings. The largest absolute Gasteiger partial charge is 0.439 e. The van der Waals surface area contributed by atoms with Crippen molar-refractivity contribution in [2.45, 2.75) is 32.9 Å². The number of rotatable bonds is 4. The number of pyridine rings is 1. The smallest absolute Gasteiger partial charge is 0.223 e. The van der Waals surface area contributed by atoms with Gasteiger partial charge in [-0.2, -0.15) is 0 Å². The molecule has 2 aromatic rings. The third-order valence-corrected chi connectivity index (χ3v) is 3.82. The number of aromatic nitrogens is 1. The first kappa shape index (κ1) is 16.7. The molecule has 0 amide bonds. The van der Waals surface area contributed by atoms with Crippen molar-refractivity contribution in [3.05, 3.63) is 50.1 Å². The summed E-state index contributed by atoms with van der Waals surface area (Å²) in [5, 5.41) is 3.46. The number of hydrogen-bond acceptors (Lipinski definition) is 3. The third kappa shape index (κ3) is 5.56. The lowest BCUT2D eigenvalue weighted by Gasteiger charge is -2.21. The Balaban J connectivity index is 2.22. The Morgan fingerprint density at radius 3 is 2.71 bits per heavy atom. The van der Waals surface area contributed by atoms with Crippen molar-refractivity contribution in [3.8, 4) is 11.6 Å². The minimum atomic E-state index is 0.0434. The number of halogens is 2. The van der Waals surface area contributed by atoms with Crippen LogP contribution in [0.1, 0.15) is 26.3 Å². The molecule has 0 aliphatic carbocycles. The highest BCUT2D eigenvalue weighted by Gasteiger charge is 2.13. The predicted octanol–water partition coefficient (Wildman–Crippen LogP) is 5.13. The van der Waals surface area contributed by atoms with Crippen molar-refractivity contribution in [1.82, 2.24) is 10.3 Å². The van der Waals surface area contributed by atoms with E-state index in [1.54, 1.807) is 6.20 Å². The first-order chi connectivity index (χ1) is 9.83. The molecule has 0 saturated carbocycles. The summed E-state index contributed by atoms with van der Waals surface area (Å²) in [4.78, 5) is 4.39. The summed E-state index contributed by atoms with van der Waals surface area (Å²) in [6.07, 6.45) is 1.75. The number of nitrogens with zero attached hydrogens (tertiary/aromatic N) is 1. The maximum atomic E-state index is 5.93. The Bertz CT molecular complexity index is 626. The van der Waals surface area contributed by atoms with E-state index in [1.807, 2.05) is 30.3 Å². The van der Waals surface area contributed by atoms with Crippen molar-refractivity contribution in [2.24, 2.45) is 0 Å². The molecule has 0 aliphatic rings. The van der Waals surface area contributed by atoms with Crippen LogP contribution in [0.2, 0.25) is 0 Å². The summed E-state index contributed by atoms with van der Waals surface area (Å²) in [6.45, 7) is 7.12. The summed E-state index contributed by atoms with van der Waals surface area (Å²) < 4.78 is 8.02. The van der Waals surface area contributed by atoms with Gasteiger partial charge in [-0.1, -0.05) is 6.07 Å². The lowest BCUT2D eigenvalue weighted by molar-refractivity contribution is 0.409. The van der Waals surface area contributed by atoms with Crippen LogP contribution in [0.3, 0.4) is 0 Å². The summed E-state index contributed by atoms with van der Waals surface area (Å²) in [5.41, 5.74) is 1.07. The summed E-state index contributed by atoms with van der Waals surface area (Å²) in [5.74, 6) is 1.44. The first-order valence-electron chi connectivity index (χ1n) is 6.66. The molecule has 0 radical (unpaired) electrons. The molecule has 0 unspecified atom stereocenters. The van der Waals surface area contributed by atoms with Crippen LogP contribution >= 0.6 is 38.5 Å². The van der Waals surface area contributed by atoms with Crippen LogP contribution in [0.5, 0.6) is 11.6 Å². The molecule has 1 heterocycles. The van der Waals surface area contributed by atoms with Crippen LogP contribution in [-0.4, -0.2) is 10.5 Å². The molecule has 1 N–H and O–H groups in total. The van der Waals surface area contributed by atoms with E-state index in [0.29, 0.717) is 12.4 Å². The topological polar surface area (TPSA) is 34.2 Å². The number of ether oxygens (including phenoxy) is 1. The van der Waals surface area contributed by atoms with Gasteiger partial charge in [0, 0.05) is 31.9 Å². The van der Waals surface area contributed by atoms with E-state index in [4.69, 9.17) is 4.74 Å². The highest BCUT2D eigenvalue weighted by atomic mass is 127. The van der Waals surface area contributed by atoms with Crippen LogP contribution in [0.25, 0.3) is 0 Å². The molecule has 2 rings (SSSR count). The van der Waals surface area contributed by atoms with Crippen LogP contribution < -0.4 is 10.1 Å². The maximum absolute atomic E-state index is 5.93. The van der Waals surface area contributed by atoms with Crippen LogP contribution in [0.4, 0.5) is 0 Å². The fraction of sp³-hybridized carbons (Fsp3) is 0.312. The molecular formula is C16H18BrIN2O. The second-order valence-electron chi connectivity index (χ2n) is 5.78. The van der Waals surface area contributed by atoms with E-state index in [-0.39, 0.29) is 5.54 Å². The molecule has 0 spiro atoms. The zero-order valence-electron chi connectivity index (χ0n) is 12.3. The van der Waals surface area contributed by atoms with Gasteiger partial charge < -0.3 is 10.1 Å². The van der Waals surface area contributed by atoms with Gasteiger partial charge in [-0.3, -0.25) is 0 Å². The van der Waals surface area contributed by atoms with E-state index in [0.717, 1.165) is 19.4 Å². The Hall–Kier alpha value is -0.660. The van der Waals surface area contributed by atoms with E-state index < -0.39 is 0 Å². The number of benzene rings is 1. The van der Waals surface area contributed by atoms with Crippen molar-refractivity contribution in [1.29, 1.82) is 0 Å². The lowest BCUT2D eigenvalue weighted by Crippen LogP contribution is -2.35. The minimum Gasteiger partial charge on any atom is -0.439 e. The molecule has 1 aromatic carbocycles. The predicted molar refractivity (Wildman–Crippen MR) is 97.8 cm³/mol. The van der Waals surface area contributed by atoms with Gasteiger partial charge in [-0.25, -0.2) is 4.98 Å². The van der Waals surface area contributed by atoms with Gasteiger partial charge in [0.05, 0.1) is 0 Å². The average molecular weight is 461 g/mol. The zero-order valence-corrected chi connectivity index (χ0v) is 16.0. The summed E-state index contributed by atoms with van der Waals surface area (Å²) in [7, 11) is 0. The van der Waals surface area contributed by atoms with Crippen LogP contribution in [0, 0.1) is 3.57 Å². The fourth-order valence-electron chi connectivity index (χ4n) is 1.69. The molecule has 1 aromatic heterocycles. The monoisotopic (exact) mass is 460 g/mol. The number of nitrogens with one attached hydrogen (secondary N) is 1. The Labute approximate surface area is 147 Å². The Morgan fingerprint density at radius 1 is 1.29 bits per heavy atom. The van der Waals surface area contributed by atoms with Crippen molar-refractivity contribution in [3.63, 3.8) is 0 Å². The van der Waals surface area contributed by atoms with Gasteiger partial charge in [0.25, 0.3) is 0 Å². The standard InChI is InChI=1S/C16H18BrIN2O/c1-16(2,3)20-9-11-7-12(17)10-19-15(11)21-14-6-4-5-13(18)8-14/h4-8,10,20H,9H2,1-3H3. The van der Waals surface area contributed by atoms with E-state index in [9.17, 15) is 0 Å². The lowest BCUT2D eigenvalue weighted by atomic mass is 10.1. The minimum absolute atomic E-state index is 0.0434. The second-order valence-corrected chi connectivity index (χ2v) is 7.94. The molecule has 5 heteroatoms. The Kier molecular flexibility index (Phi) is 5.62. The molecular weight excluding hydrogens is 443 g/mol. The molecule has 3 nitrogen and oxygen atoms in total. The van der Waals surface area contributed by atoms with Crippen molar-refractivity contribution < 1.29 is 4.74 Å². The summed E-state index contributed by atoms with van der Waals surface area (Å²) >= 11 is 5.74. The molecule has 21 heavy (non-hydrogen) atoms. The van der Waals surface area contributed by atoms with Gasteiger partial charge in [-0.05, 0) is 83.6 Å².